The Balaban J connectivity index is 0.000000310. The Kier molecular flexibility index (Phi) is 5.81. The molecule has 68 valence electrons. The van der Waals surface area contributed by atoms with Crippen molar-refractivity contribution < 1.29 is 4.92 Å². The molecule has 0 unspecified atom stereocenters. The molecule has 0 bridgehead atoms. The van der Waals surface area contributed by atoms with E-state index in [-0.39, 0.29) is 5.69 Å². The van der Waals surface area contributed by atoms with Gasteiger partial charge in [0.2, 0.25) is 0 Å². The van der Waals surface area contributed by atoms with Crippen molar-refractivity contribution in [1.82, 2.24) is 0 Å². The summed E-state index contributed by atoms with van der Waals surface area (Å²) in [6.45, 7) is 1.82. The summed E-state index contributed by atoms with van der Waals surface area (Å²) >= 11 is 0. The molecular formula is C9H10N2O2. The van der Waals surface area contributed by atoms with Gasteiger partial charge in [-0.3, -0.25) is 10.1 Å². The Hall–Kier alpha value is -1.89. The van der Waals surface area contributed by atoms with E-state index in [0.29, 0.717) is 6.42 Å². The summed E-state index contributed by atoms with van der Waals surface area (Å²) in [6, 6.07) is 9.86. The van der Waals surface area contributed by atoms with E-state index in [1.807, 2.05) is 13.0 Å². The zero-order valence-electron chi connectivity index (χ0n) is 7.30. The van der Waals surface area contributed by atoms with Gasteiger partial charge >= 0.3 is 0 Å². The number of nitro benzene ring substituents is 1. The van der Waals surface area contributed by atoms with Crippen molar-refractivity contribution in [3.05, 3.63) is 40.4 Å². The third-order valence-corrected chi connectivity index (χ3v) is 1.13. The van der Waals surface area contributed by atoms with Gasteiger partial charge < -0.3 is 0 Å². The molecule has 0 N–H and O–H groups in total. The van der Waals surface area contributed by atoms with Crippen molar-refractivity contribution in [2.45, 2.75) is 13.3 Å². The standard InChI is InChI=1S/C6H5NO2.C3H5N/c8-7(9)6-4-2-1-3-5-6;1-2-3-4/h1-5H;2H2,1H3. The number of non-ortho nitro benzene ring substituents is 1. The molecule has 0 amide bonds. The second-order valence-corrected chi connectivity index (χ2v) is 2.10. The second-order valence-electron chi connectivity index (χ2n) is 2.10. The van der Waals surface area contributed by atoms with Crippen molar-refractivity contribution in [2.75, 3.05) is 0 Å². The Morgan fingerprint density at radius 3 is 2.15 bits per heavy atom. The smallest absolute Gasteiger partial charge is 0.258 e. The van der Waals surface area contributed by atoms with Crippen LogP contribution < -0.4 is 0 Å². The van der Waals surface area contributed by atoms with Crippen LogP contribution in [-0.2, 0) is 0 Å². The first-order valence-electron chi connectivity index (χ1n) is 3.78. The maximum atomic E-state index is 10.0. The second kappa shape index (κ2) is 6.80. The minimum absolute atomic E-state index is 0.137. The Labute approximate surface area is 76.6 Å². The molecule has 0 heterocycles. The Morgan fingerprint density at radius 2 is 1.92 bits per heavy atom. The van der Waals surface area contributed by atoms with Crippen molar-refractivity contribution in [3.63, 3.8) is 0 Å². The first-order chi connectivity index (χ1) is 6.22. The number of hydrogen-bond acceptors (Lipinski definition) is 3. The molecule has 0 aliphatic carbocycles. The molecule has 13 heavy (non-hydrogen) atoms. The average Bonchev–Trinajstić information content (AvgIpc) is 2.19. The summed E-state index contributed by atoms with van der Waals surface area (Å²) < 4.78 is 0. The van der Waals surface area contributed by atoms with E-state index in [0.717, 1.165) is 0 Å². The van der Waals surface area contributed by atoms with Crippen LogP contribution in [0.25, 0.3) is 0 Å². The molecule has 0 spiro atoms. The number of rotatable bonds is 1. The predicted molar refractivity (Wildman–Crippen MR) is 49.0 cm³/mol. The van der Waals surface area contributed by atoms with Crippen LogP contribution in [0.5, 0.6) is 0 Å². The van der Waals surface area contributed by atoms with Gasteiger partial charge in [-0.25, -0.2) is 0 Å². The molecule has 0 aliphatic heterocycles. The minimum Gasteiger partial charge on any atom is -0.258 e. The lowest BCUT2D eigenvalue weighted by atomic mass is 10.3. The summed E-state index contributed by atoms with van der Waals surface area (Å²) in [7, 11) is 0. The van der Waals surface area contributed by atoms with Gasteiger partial charge in [-0.1, -0.05) is 25.1 Å². The molecule has 1 aromatic rings. The summed E-state index contributed by atoms with van der Waals surface area (Å²) in [6.07, 6.45) is 0.625. The maximum absolute atomic E-state index is 10.0. The predicted octanol–water partition coefficient (Wildman–Crippen LogP) is 2.51. The fourth-order valence-corrected chi connectivity index (χ4v) is 0.550. The number of nitrogens with zero attached hydrogens (tertiary/aromatic N) is 2. The summed E-state index contributed by atoms with van der Waals surface area (Å²) in [5.41, 5.74) is 0.137. The fraction of sp³-hybridized carbons (Fsp3) is 0.222. The quantitative estimate of drug-likeness (QED) is 0.490. The summed E-state index contributed by atoms with van der Waals surface area (Å²) in [4.78, 5) is 9.59. The summed E-state index contributed by atoms with van der Waals surface area (Å²) in [5, 5.41) is 17.6. The molecule has 4 heteroatoms. The molecule has 0 radical (unpaired) electrons. The molecule has 4 nitrogen and oxygen atoms in total. The lowest BCUT2D eigenvalue weighted by molar-refractivity contribution is -0.384. The normalized spacial score (nSPS) is 7.69. The van der Waals surface area contributed by atoms with Crippen molar-refractivity contribution in [1.29, 1.82) is 5.26 Å². The number of nitro groups is 1. The van der Waals surface area contributed by atoms with Crippen LogP contribution in [0.3, 0.4) is 0 Å². The van der Waals surface area contributed by atoms with Crippen LogP contribution in [0, 0.1) is 21.4 Å². The zero-order valence-corrected chi connectivity index (χ0v) is 7.30. The van der Waals surface area contributed by atoms with Crippen LogP contribution in [0.1, 0.15) is 13.3 Å². The molecule has 1 rings (SSSR count). The molecule has 0 saturated heterocycles. The van der Waals surface area contributed by atoms with Crippen LogP contribution in [-0.4, -0.2) is 4.92 Å². The van der Waals surface area contributed by atoms with Gasteiger partial charge in [0, 0.05) is 18.6 Å². The molecular weight excluding hydrogens is 168 g/mol. The lowest BCUT2D eigenvalue weighted by Crippen LogP contribution is -1.84. The topological polar surface area (TPSA) is 66.9 Å². The number of nitriles is 1. The highest BCUT2D eigenvalue weighted by atomic mass is 16.6. The minimum atomic E-state index is -0.417. The molecule has 0 aliphatic rings. The summed E-state index contributed by atoms with van der Waals surface area (Å²) in [5.74, 6) is 0. The first kappa shape index (κ1) is 11.1. The van der Waals surface area contributed by atoms with Crippen LogP contribution >= 0.6 is 0 Å². The lowest BCUT2D eigenvalue weighted by Gasteiger charge is -1.85. The fourth-order valence-electron chi connectivity index (χ4n) is 0.550. The maximum Gasteiger partial charge on any atom is 0.269 e. The highest BCUT2D eigenvalue weighted by Crippen LogP contribution is 2.06. The van der Waals surface area contributed by atoms with Crippen LogP contribution in [0.2, 0.25) is 0 Å². The van der Waals surface area contributed by atoms with Gasteiger partial charge in [0.15, 0.2) is 0 Å². The third kappa shape index (κ3) is 5.39. The van der Waals surface area contributed by atoms with Crippen molar-refractivity contribution >= 4 is 5.69 Å². The van der Waals surface area contributed by atoms with Gasteiger partial charge in [0.25, 0.3) is 5.69 Å². The van der Waals surface area contributed by atoms with E-state index in [1.165, 1.54) is 12.1 Å². The number of para-hydroxylation sites is 1. The van der Waals surface area contributed by atoms with E-state index in [9.17, 15) is 10.1 Å². The van der Waals surface area contributed by atoms with E-state index in [2.05, 4.69) is 0 Å². The third-order valence-electron chi connectivity index (χ3n) is 1.13. The van der Waals surface area contributed by atoms with Crippen molar-refractivity contribution in [2.24, 2.45) is 0 Å². The van der Waals surface area contributed by atoms with Crippen molar-refractivity contribution in [3.8, 4) is 6.07 Å². The zero-order chi connectivity index (χ0) is 10.1. The average molecular weight is 178 g/mol. The van der Waals surface area contributed by atoms with Crippen LogP contribution in [0.4, 0.5) is 5.69 Å². The van der Waals surface area contributed by atoms with Gasteiger partial charge in [0.05, 0.1) is 11.0 Å². The van der Waals surface area contributed by atoms with E-state index in [4.69, 9.17) is 5.26 Å². The van der Waals surface area contributed by atoms with Gasteiger partial charge in [-0.15, -0.1) is 0 Å². The molecule has 0 saturated carbocycles. The number of hydrogen-bond donors (Lipinski definition) is 0. The van der Waals surface area contributed by atoms with E-state index in [1.54, 1.807) is 18.2 Å². The van der Waals surface area contributed by atoms with E-state index < -0.39 is 4.92 Å². The molecule has 0 fully saturated rings. The molecule has 1 aromatic carbocycles. The molecule has 0 aromatic heterocycles. The van der Waals surface area contributed by atoms with E-state index >= 15 is 0 Å². The van der Waals surface area contributed by atoms with Crippen LogP contribution in [0.15, 0.2) is 30.3 Å². The highest BCUT2D eigenvalue weighted by Gasteiger charge is 1.98. The van der Waals surface area contributed by atoms with Gasteiger partial charge in [-0.2, -0.15) is 5.26 Å². The Bertz CT molecular complexity index is 290. The Morgan fingerprint density at radius 1 is 1.46 bits per heavy atom. The molecule has 0 atom stereocenters. The monoisotopic (exact) mass is 178 g/mol. The van der Waals surface area contributed by atoms with Gasteiger partial charge in [0.1, 0.15) is 0 Å². The highest BCUT2D eigenvalue weighted by molar-refractivity contribution is 5.27. The SMILES string of the molecule is CCC#N.O=[N+]([O-])c1ccccc1. The largest absolute Gasteiger partial charge is 0.269 e. The van der Waals surface area contributed by atoms with Gasteiger partial charge in [-0.05, 0) is 0 Å². The first-order valence-corrected chi connectivity index (χ1v) is 3.78. The number of benzene rings is 1.